The summed E-state index contributed by atoms with van der Waals surface area (Å²) in [6.45, 7) is 14.8. The molecule has 0 saturated carbocycles. The molecule has 0 amide bonds. The fraction of sp³-hybridized carbons (Fsp3) is 0.900. The van der Waals surface area contributed by atoms with Crippen molar-refractivity contribution in [2.75, 3.05) is 26.9 Å². The molecule has 9 heteroatoms. The van der Waals surface area contributed by atoms with Gasteiger partial charge in [-0.2, -0.15) is 0 Å². The molecule has 0 rings (SSSR count). The molecule has 29 heavy (non-hydrogen) atoms. The number of ether oxygens (including phenoxy) is 3. The first kappa shape index (κ1) is 28.3. The van der Waals surface area contributed by atoms with E-state index in [1.54, 1.807) is 21.0 Å². The van der Waals surface area contributed by atoms with Crippen LogP contribution in [-0.4, -0.2) is 61.3 Å². The third-order valence-electron chi connectivity index (χ3n) is 4.52. The molecule has 0 radical (unpaired) electrons. The molecule has 0 heterocycles. The van der Waals surface area contributed by atoms with Crippen molar-refractivity contribution in [3.63, 3.8) is 0 Å². The van der Waals surface area contributed by atoms with Crippen molar-refractivity contribution < 1.29 is 32.3 Å². The Kier molecular flexibility index (Phi) is 13.2. The zero-order chi connectivity index (χ0) is 22.6. The van der Waals surface area contributed by atoms with Gasteiger partial charge in [-0.1, -0.05) is 20.3 Å². The number of hydrogen-bond donors (Lipinski definition) is 0. The molecule has 172 valence electrons. The molecular formula is C20H42O7Si2. The quantitative estimate of drug-likeness (QED) is 0.196. The van der Waals surface area contributed by atoms with Gasteiger partial charge in [0.15, 0.2) is 13.9 Å². The van der Waals surface area contributed by atoms with Crippen LogP contribution in [-0.2, 0) is 32.3 Å². The summed E-state index contributed by atoms with van der Waals surface area (Å²) in [6.07, 6.45) is 1.63. The van der Waals surface area contributed by atoms with Crippen LogP contribution in [0.4, 0.5) is 0 Å². The van der Waals surface area contributed by atoms with Gasteiger partial charge in [0, 0.05) is 13.7 Å². The van der Waals surface area contributed by atoms with E-state index in [4.69, 9.17) is 22.8 Å². The first-order chi connectivity index (χ1) is 13.5. The summed E-state index contributed by atoms with van der Waals surface area (Å²) in [4.78, 5) is 24.8. The molecule has 7 nitrogen and oxygen atoms in total. The van der Waals surface area contributed by atoms with Crippen molar-refractivity contribution in [1.82, 2.24) is 0 Å². The first-order valence-electron chi connectivity index (χ1n) is 10.8. The summed E-state index contributed by atoms with van der Waals surface area (Å²) < 4.78 is 28.6. The summed E-state index contributed by atoms with van der Waals surface area (Å²) in [6, 6.07) is 1.63. The summed E-state index contributed by atoms with van der Waals surface area (Å²) in [5, 5.41) is 0. The van der Waals surface area contributed by atoms with E-state index in [1.807, 2.05) is 6.92 Å². The zero-order valence-electron chi connectivity index (χ0n) is 19.7. The van der Waals surface area contributed by atoms with Crippen molar-refractivity contribution in [1.29, 1.82) is 0 Å². The van der Waals surface area contributed by atoms with Crippen LogP contribution in [0.25, 0.3) is 0 Å². The molecule has 0 aromatic rings. The van der Waals surface area contributed by atoms with E-state index < -0.39 is 34.4 Å². The Morgan fingerprint density at radius 1 is 0.966 bits per heavy atom. The van der Waals surface area contributed by atoms with E-state index in [9.17, 15) is 9.59 Å². The fourth-order valence-electron chi connectivity index (χ4n) is 3.31. The predicted octanol–water partition coefficient (Wildman–Crippen LogP) is 4.41. The fourth-order valence-corrected chi connectivity index (χ4v) is 10.6. The van der Waals surface area contributed by atoms with Crippen LogP contribution in [0.15, 0.2) is 0 Å². The highest BCUT2D eigenvalue weighted by atomic mass is 28.4. The third kappa shape index (κ3) is 10.2. The second-order valence-corrected chi connectivity index (χ2v) is 16.6. The van der Waals surface area contributed by atoms with Gasteiger partial charge in [0.05, 0.1) is 19.6 Å². The van der Waals surface area contributed by atoms with Gasteiger partial charge in [-0.15, -0.1) is 0 Å². The average Bonchev–Trinajstić information content (AvgIpc) is 2.63. The molecule has 0 aromatic heterocycles. The van der Waals surface area contributed by atoms with Crippen molar-refractivity contribution in [2.45, 2.75) is 90.7 Å². The maximum atomic E-state index is 12.7. The zero-order valence-corrected chi connectivity index (χ0v) is 21.7. The number of rotatable bonds is 16. The van der Waals surface area contributed by atoms with E-state index in [2.05, 4.69) is 26.6 Å². The second kappa shape index (κ2) is 13.5. The van der Waals surface area contributed by atoms with Crippen molar-refractivity contribution in [3.8, 4) is 0 Å². The lowest BCUT2D eigenvalue weighted by Gasteiger charge is -2.35. The van der Waals surface area contributed by atoms with Crippen LogP contribution in [0.3, 0.4) is 0 Å². The lowest BCUT2D eigenvalue weighted by Crippen LogP contribution is -2.49. The van der Waals surface area contributed by atoms with Crippen LogP contribution in [0.1, 0.15) is 53.4 Å². The van der Waals surface area contributed by atoms with E-state index in [1.165, 1.54) is 0 Å². The van der Waals surface area contributed by atoms with E-state index in [0.717, 1.165) is 12.1 Å². The molecule has 0 spiro atoms. The summed E-state index contributed by atoms with van der Waals surface area (Å²) in [5.74, 6) is -0.954. The van der Waals surface area contributed by atoms with Gasteiger partial charge < -0.3 is 22.8 Å². The second-order valence-electron chi connectivity index (χ2n) is 8.08. The first-order valence-corrected chi connectivity index (χ1v) is 16.4. The van der Waals surface area contributed by atoms with E-state index in [0.29, 0.717) is 25.9 Å². The highest BCUT2D eigenvalue weighted by Crippen LogP contribution is 2.28. The summed E-state index contributed by atoms with van der Waals surface area (Å²) >= 11 is 0. The standard InChI is InChI=1S/C20H42O7Si2/c1-9-14-20(19(22)25-11-3,17-18(21)24-10-2)26-15-13-16-29(12-4,23-5)27-28(6,7)8/h9-17H2,1-8H3. The number of carbonyl (C=O) groups is 2. The average molecular weight is 451 g/mol. The Labute approximate surface area is 179 Å². The minimum absolute atomic E-state index is 0.139. The van der Waals surface area contributed by atoms with Gasteiger partial charge in [-0.05, 0) is 58.4 Å². The maximum Gasteiger partial charge on any atom is 0.339 e. The molecule has 0 aliphatic carbocycles. The van der Waals surface area contributed by atoms with Gasteiger partial charge in [-0.3, -0.25) is 4.79 Å². The van der Waals surface area contributed by atoms with Crippen molar-refractivity contribution >= 4 is 28.8 Å². The topological polar surface area (TPSA) is 80.3 Å². The molecular weight excluding hydrogens is 408 g/mol. The Balaban J connectivity index is 5.23. The lowest BCUT2D eigenvalue weighted by atomic mass is 9.93. The summed E-state index contributed by atoms with van der Waals surface area (Å²) in [5.41, 5.74) is -1.31. The lowest BCUT2D eigenvalue weighted by molar-refractivity contribution is -0.180. The molecule has 0 aliphatic rings. The minimum atomic E-state index is -2.31. The van der Waals surface area contributed by atoms with Crippen LogP contribution in [0.5, 0.6) is 0 Å². The van der Waals surface area contributed by atoms with Gasteiger partial charge >= 0.3 is 20.5 Å². The van der Waals surface area contributed by atoms with E-state index in [-0.39, 0.29) is 19.6 Å². The Morgan fingerprint density at radius 2 is 1.59 bits per heavy atom. The van der Waals surface area contributed by atoms with Crippen LogP contribution >= 0.6 is 0 Å². The molecule has 0 aromatic carbocycles. The van der Waals surface area contributed by atoms with Crippen LogP contribution < -0.4 is 0 Å². The molecule has 0 fully saturated rings. The van der Waals surface area contributed by atoms with Gasteiger partial charge in [-0.25, -0.2) is 4.79 Å². The van der Waals surface area contributed by atoms with Crippen LogP contribution in [0, 0.1) is 0 Å². The van der Waals surface area contributed by atoms with Gasteiger partial charge in [0.2, 0.25) is 0 Å². The smallest absolute Gasteiger partial charge is 0.339 e. The highest BCUT2D eigenvalue weighted by molar-refractivity contribution is 6.82. The molecule has 2 atom stereocenters. The number of hydrogen-bond acceptors (Lipinski definition) is 7. The molecule has 0 saturated heterocycles. The Bertz CT molecular complexity index is 490. The minimum Gasteiger partial charge on any atom is -0.466 e. The largest absolute Gasteiger partial charge is 0.466 e. The van der Waals surface area contributed by atoms with Crippen molar-refractivity contribution in [3.05, 3.63) is 0 Å². The maximum absolute atomic E-state index is 12.7. The van der Waals surface area contributed by atoms with Crippen molar-refractivity contribution in [2.24, 2.45) is 0 Å². The Hall–Kier alpha value is -0.746. The molecule has 0 N–H and O–H groups in total. The number of esters is 2. The molecule has 0 aliphatic heterocycles. The number of carbonyl (C=O) groups excluding carboxylic acids is 2. The molecule has 2 unspecified atom stereocenters. The monoisotopic (exact) mass is 450 g/mol. The SMILES string of the molecule is CCCC(CC(=O)OCC)(OCCC[Si](CC)(OC)O[Si](C)(C)C)C(=O)OCC. The highest BCUT2D eigenvalue weighted by Gasteiger charge is 2.44. The Morgan fingerprint density at radius 3 is 2.03 bits per heavy atom. The van der Waals surface area contributed by atoms with E-state index >= 15 is 0 Å². The summed E-state index contributed by atoms with van der Waals surface area (Å²) in [7, 11) is -2.33. The van der Waals surface area contributed by atoms with Crippen LogP contribution in [0.2, 0.25) is 31.7 Å². The third-order valence-corrected chi connectivity index (χ3v) is 11.4. The van der Waals surface area contributed by atoms with Gasteiger partial charge in [0.1, 0.15) is 0 Å². The van der Waals surface area contributed by atoms with Gasteiger partial charge in [0.25, 0.3) is 0 Å². The predicted molar refractivity (Wildman–Crippen MR) is 119 cm³/mol. The normalized spacial score (nSPS) is 16.0. The molecule has 0 bridgehead atoms.